The van der Waals surface area contributed by atoms with Crippen molar-refractivity contribution >= 4 is 50.7 Å². The van der Waals surface area contributed by atoms with Crippen LogP contribution in [0.4, 0.5) is 5.69 Å². The normalized spacial score (nSPS) is 15.2. The third kappa shape index (κ3) is 7.60. The number of aryl methyl sites for hydroxylation is 1. The van der Waals surface area contributed by atoms with E-state index in [4.69, 9.17) is 23.2 Å². The molecule has 0 bridgehead atoms. The van der Waals surface area contributed by atoms with Crippen LogP contribution in [0.1, 0.15) is 50.2 Å². The summed E-state index contributed by atoms with van der Waals surface area (Å²) >= 11 is 12.1. The topological polar surface area (TPSA) is 86.8 Å². The monoisotopic (exact) mass is 553 g/mol. The van der Waals surface area contributed by atoms with Crippen molar-refractivity contribution in [1.82, 2.24) is 10.2 Å². The second kappa shape index (κ2) is 12.3. The number of nitrogens with zero attached hydrogens (tertiary/aromatic N) is 2. The SMILES string of the molecule is Cc1cc(Cl)ccc1N(CC(=O)N(Cc1ccc(Cl)cc1)C(C)C(=O)NC1CCCCC1)S(C)(=O)=O. The molecule has 2 amide bonds. The van der Waals surface area contributed by atoms with Crippen LogP contribution in [-0.4, -0.2) is 50.0 Å². The van der Waals surface area contributed by atoms with Gasteiger partial charge in [-0.3, -0.25) is 13.9 Å². The first-order valence-electron chi connectivity index (χ1n) is 12.0. The van der Waals surface area contributed by atoms with E-state index in [9.17, 15) is 18.0 Å². The van der Waals surface area contributed by atoms with Gasteiger partial charge in [-0.25, -0.2) is 8.42 Å². The van der Waals surface area contributed by atoms with Crippen LogP contribution >= 0.6 is 23.2 Å². The van der Waals surface area contributed by atoms with Gasteiger partial charge < -0.3 is 10.2 Å². The fourth-order valence-corrected chi connectivity index (χ4v) is 5.69. The number of hydrogen-bond acceptors (Lipinski definition) is 4. The number of benzene rings is 2. The number of hydrogen-bond donors (Lipinski definition) is 1. The van der Waals surface area contributed by atoms with Crippen molar-refractivity contribution in [3.8, 4) is 0 Å². The Hall–Kier alpha value is -2.29. The Morgan fingerprint density at radius 2 is 1.64 bits per heavy atom. The van der Waals surface area contributed by atoms with Crippen LogP contribution in [0.2, 0.25) is 10.0 Å². The van der Waals surface area contributed by atoms with Gasteiger partial charge in [0.15, 0.2) is 0 Å². The molecule has 7 nitrogen and oxygen atoms in total. The van der Waals surface area contributed by atoms with E-state index >= 15 is 0 Å². The van der Waals surface area contributed by atoms with Crippen LogP contribution in [0.15, 0.2) is 42.5 Å². The number of rotatable bonds is 9. The molecule has 196 valence electrons. The fourth-order valence-electron chi connectivity index (χ4n) is 4.43. The average Bonchev–Trinajstić information content (AvgIpc) is 2.82. The van der Waals surface area contributed by atoms with Gasteiger partial charge in [-0.2, -0.15) is 0 Å². The van der Waals surface area contributed by atoms with Gasteiger partial charge in [0.2, 0.25) is 21.8 Å². The van der Waals surface area contributed by atoms with Gasteiger partial charge in [0, 0.05) is 22.6 Å². The highest BCUT2D eigenvalue weighted by molar-refractivity contribution is 7.92. The zero-order valence-electron chi connectivity index (χ0n) is 20.8. The highest BCUT2D eigenvalue weighted by Gasteiger charge is 2.31. The Balaban J connectivity index is 1.88. The Morgan fingerprint density at radius 3 is 2.22 bits per heavy atom. The molecule has 3 rings (SSSR count). The third-order valence-electron chi connectivity index (χ3n) is 6.49. The van der Waals surface area contributed by atoms with E-state index in [1.165, 1.54) is 4.90 Å². The molecule has 1 aliphatic rings. The molecular formula is C26H33Cl2N3O4S. The summed E-state index contributed by atoms with van der Waals surface area (Å²) in [5, 5.41) is 4.10. The maximum absolute atomic E-state index is 13.6. The highest BCUT2D eigenvalue weighted by atomic mass is 35.5. The number of anilines is 1. The summed E-state index contributed by atoms with van der Waals surface area (Å²) in [5.41, 5.74) is 1.76. The smallest absolute Gasteiger partial charge is 0.244 e. The highest BCUT2D eigenvalue weighted by Crippen LogP contribution is 2.26. The number of carbonyl (C=O) groups excluding carboxylic acids is 2. The van der Waals surface area contributed by atoms with Gasteiger partial charge in [-0.15, -0.1) is 0 Å². The van der Waals surface area contributed by atoms with Gasteiger partial charge in [-0.1, -0.05) is 54.6 Å². The number of nitrogens with one attached hydrogen (secondary N) is 1. The zero-order valence-corrected chi connectivity index (χ0v) is 23.2. The number of carbonyl (C=O) groups is 2. The van der Waals surface area contributed by atoms with E-state index in [1.807, 2.05) is 0 Å². The van der Waals surface area contributed by atoms with Crippen LogP contribution in [0.25, 0.3) is 0 Å². The van der Waals surface area contributed by atoms with Gasteiger partial charge in [-0.05, 0) is 68.1 Å². The molecule has 2 aromatic rings. The summed E-state index contributed by atoms with van der Waals surface area (Å²) in [7, 11) is -3.80. The molecule has 0 aliphatic heterocycles. The van der Waals surface area contributed by atoms with E-state index in [1.54, 1.807) is 56.3 Å². The molecule has 1 aliphatic carbocycles. The Bertz CT molecular complexity index is 1180. The minimum Gasteiger partial charge on any atom is -0.352 e. The van der Waals surface area contributed by atoms with Crippen LogP contribution < -0.4 is 9.62 Å². The van der Waals surface area contributed by atoms with E-state index in [0.29, 0.717) is 21.3 Å². The predicted octanol–water partition coefficient (Wildman–Crippen LogP) is 4.93. The summed E-state index contributed by atoms with van der Waals surface area (Å²) in [4.78, 5) is 28.2. The lowest BCUT2D eigenvalue weighted by Crippen LogP contribution is -2.53. The van der Waals surface area contributed by atoms with Crippen LogP contribution in [-0.2, 0) is 26.2 Å². The Labute approximate surface area is 223 Å². The van der Waals surface area contributed by atoms with E-state index in [-0.39, 0.29) is 18.5 Å². The van der Waals surface area contributed by atoms with Crippen molar-refractivity contribution in [3.63, 3.8) is 0 Å². The van der Waals surface area contributed by atoms with Gasteiger partial charge in [0.1, 0.15) is 12.6 Å². The quantitative estimate of drug-likeness (QED) is 0.476. The van der Waals surface area contributed by atoms with Crippen LogP contribution in [0, 0.1) is 6.92 Å². The lowest BCUT2D eigenvalue weighted by atomic mass is 9.95. The lowest BCUT2D eigenvalue weighted by Gasteiger charge is -2.33. The first kappa shape index (κ1) is 28.3. The first-order valence-corrected chi connectivity index (χ1v) is 14.6. The second-order valence-corrected chi connectivity index (χ2v) is 12.1. The van der Waals surface area contributed by atoms with Crippen molar-refractivity contribution in [3.05, 3.63) is 63.6 Å². The second-order valence-electron chi connectivity index (χ2n) is 9.37. The average molecular weight is 555 g/mol. The number of sulfonamides is 1. The molecule has 0 aromatic heterocycles. The number of amides is 2. The maximum Gasteiger partial charge on any atom is 0.244 e. The molecule has 1 atom stereocenters. The molecule has 1 unspecified atom stereocenters. The molecule has 1 saturated carbocycles. The zero-order chi connectivity index (χ0) is 26.5. The van der Waals surface area contributed by atoms with Gasteiger partial charge >= 0.3 is 0 Å². The van der Waals surface area contributed by atoms with Crippen molar-refractivity contribution < 1.29 is 18.0 Å². The fraction of sp³-hybridized carbons (Fsp3) is 0.462. The van der Waals surface area contributed by atoms with Crippen molar-refractivity contribution in [2.75, 3.05) is 17.1 Å². The molecule has 0 saturated heterocycles. The molecule has 1 N–H and O–H groups in total. The van der Waals surface area contributed by atoms with Gasteiger partial charge in [0.05, 0.1) is 11.9 Å². The minimum absolute atomic E-state index is 0.0884. The molecule has 10 heteroatoms. The Kier molecular flexibility index (Phi) is 9.66. The van der Waals surface area contributed by atoms with Crippen LogP contribution in [0.3, 0.4) is 0 Å². The lowest BCUT2D eigenvalue weighted by molar-refractivity contribution is -0.139. The van der Waals surface area contributed by atoms with E-state index in [0.717, 1.165) is 48.2 Å². The molecule has 0 spiro atoms. The Morgan fingerprint density at radius 1 is 1.03 bits per heavy atom. The number of halogens is 2. The largest absolute Gasteiger partial charge is 0.352 e. The summed E-state index contributed by atoms with van der Waals surface area (Å²) in [6, 6.07) is 11.1. The van der Waals surface area contributed by atoms with E-state index < -0.39 is 28.5 Å². The van der Waals surface area contributed by atoms with Crippen molar-refractivity contribution in [1.29, 1.82) is 0 Å². The molecular weight excluding hydrogens is 521 g/mol. The van der Waals surface area contributed by atoms with Crippen molar-refractivity contribution in [2.45, 2.75) is 64.6 Å². The summed E-state index contributed by atoms with van der Waals surface area (Å²) in [6.45, 7) is 3.09. The molecule has 0 heterocycles. The maximum atomic E-state index is 13.6. The summed E-state index contributed by atoms with van der Waals surface area (Å²) < 4.78 is 26.5. The van der Waals surface area contributed by atoms with Crippen LogP contribution in [0.5, 0.6) is 0 Å². The molecule has 1 fully saturated rings. The summed E-state index contributed by atoms with van der Waals surface area (Å²) in [5.74, 6) is -0.742. The molecule has 0 radical (unpaired) electrons. The standard InChI is InChI=1S/C26H33Cl2N3O4S/c1-18-15-22(28)13-14-24(18)31(36(3,34)35)17-25(32)30(16-20-9-11-21(27)12-10-20)19(2)26(33)29-23-7-5-4-6-8-23/h9-15,19,23H,4-8,16-17H2,1-3H3,(H,29,33). The van der Waals surface area contributed by atoms with E-state index in [2.05, 4.69) is 5.32 Å². The third-order valence-corrected chi connectivity index (χ3v) is 8.11. The first-order chi connectivity index (χ1) is 17.0. The molecule has 36 heavy (non-hydrogen) atoms. The minimum atomic E-state index is -3.80. The predicted molar refractivity (Wildman–Crippen MR) is 145 cm³/mol. The van der Waals surface area contributed by atoms with Gasteiger partial charge in [0.25, 0.3) is 0 Å². The summed E-state index contributed by atoms with van der Waals surface area (Å²) in [6.07, 6.45) is 6.18. The molecule has 2 aromatic carbocycles. The van der Waals surface area contributed by atoms with Crippen molar-refractivity contribution in [2.24, 2.45) is 0 Å².